The molecule has 0 N–H and O–H groups in total. The smallest absolute Gasteiger partial charge is 0.0357 e. The van der Waals surface area contributed by atoms with E-state index in [0.29, 0.717) is 0 Å². The van der Waals surface area contributed by atoms with Crippen LogP contribution in [0.5, 0.6) is 0 Å². The summed E-state index contributed by atoms with van der Waals surface area (Å²) in [6, 6.07) is 0. The summed E-state index contributed by atoms with van der Waals surface area (Å²) >= 11 is 0. The SMILES string of the molecule is CCC(CC)C(C)C1CC1C. The summed E-state index contributed by atoms with van der Waals surface area (Å²) in [5, 5.41) is 0. The third-order valence-electron chi connectivity index (χ3n) is 3.64. The first-order chi connectivity index (χ1) is 5.20. The standard InChI is InChI=1S/C11H22/c1-5-10(6-2)9(4)11-7-8(11)3/h8-11H,5-7H2,1-4H3. The Kier molecular flexibility index (Phi) is 2.98. The molecule has 0 aromatic heterocycles. The van der Waals surface area contributed by atoms with Crippen molar-refractivity contribution in [1.29, 1.82) is 0 Å². The van der Waals surface area contributed by atoms with Gasteiger partial charge in [-0.25, -0.2) is 0 Å². The average molecular weight is 154 g/mol. The fourth-order valence-electron chi connectivity index (χ4n) is 2.47. The van der Waals surface area contributed by atoms with Gasteiger partial charge in [0, 0.05) is 0 Å². The molecule has 0 spiro atoms. The van der Waals surface area contributed by atoms with Crippen LogP contribution in [0.15, 0.2) is 0 Å². The minimum atomic E-state index is 0.986. The Balaban J connectivity index is 2.32. The lowest BCUT2D eigenvalue weighted by Gasteiger charge is -2.20. The van der Waals surface area contributed by atoms with Crippen LogP contribution in [-0.2, 0) is 0 Å². The molecule has 3 unspecified atom stereocenters. The van der Waals surface area contributed by atoms with Crippen molar-refractivity contribution in [2.45, 2.75) is 47.0 Å². The molecular weight excluding hydrogens is 132 g/mol. The lowest BCUT2D eigenvalue weighted by molar-refractivity contribution is 0.293. The van der Waals surface area contributed by atoms with Crippen LogP contribution in [0.1, 0.15) is 47.0 Å². The van der Waals surface area contributed by atoms with E-state index in [0.717, 1.165) is 23.7 Å². The Morgan fingerprint density at radius 3 is 2.00 bits per heavy atom. The van der Waals surface area contributed by atoms with E-state index in [1.807, 2.05) is 0 Å². The normalized spacial score (nSPS) is 32.5. The predicted molar refractivity (Wildman–Crippen MR) is 50.5 cm³/mol. The maximum atomic E-state index is 2.45. The zero-order valence-electron chi connectivity index (χ0n) is 8.43. The van der Waals surface area contributed by atoms with Crippen molar-refractivity contribution < 1.29 is 0 Å². The van der Waals surface area contributed by atoms with Crippen molar-refractivity contribution in [3.8, 4) is 0 Å². The van der Waals surface area contributed by atoms with E-state index in [4.69, 9.17) is 0 Å². The summed E-state index contributed by atoms with van der Waals surface area (Å²) in [6.07, 6.45) is 4.25. The van der Waals surface area contributed by atoms with E-state index in [1.165, 1.54) is 19.3 Å². The van der Waals surface area contributed by atoms with Gasteiger partial charge in [-0.1, -0.05) is 40.5 Å². The van der Waals surface area contributed by atoms with Crippen molar-refractivity contribution in [1.82, 2.24) is 0 Å². The van der Waals surface area contributed by atoms with E-state index in [-0.39, 0.29) is 0 Å². The van der Waals surface area contributed by atoms with Gasteiger partial charge >= 0.3 is 0 Å². The fourth-order valence-corrected chi connectivity index (χ4v) is 2.47. The molecule has 0 nitrogen and oxygen atoms in total. The Morgan fingerprint density at radius 2 is 1.73 bits per heavy atom. The summed E-state index contributed by atoms with van der Waals surface area (Å²) in [6.45, 7) is 9.50. The van der Waals surface area contributed by atoms with Crippen LogP contribution in [0.4, 0.5) is 0 Å². The second kappa shape index (κ2) is 3.60. The molecule has 1 fully saturated rings. The molecule has 0 radical (unpaired) electrons. The van der Waals surface area contributed by atoms with Gasteiger partial charge in [0.15, 0.2) is 0 Å². The predicted octanol–water partition coefficient (Wildman–Crippen LogP) is 3.71. The lowest BCUT2D eigenvalue weighted by Crippen LogP contribution is -2.12. The minimum Gasteiger partial charge on any atom is -0.0651 e. The van der Waals surface area contributed by atoms with Crippen molar-refractivity contribution in [2.24, 2.45) is 23.7 Å². The highest BCUT2D eigenvalue weighted by Crippen LogP contribution is 2.47. The Morgan fingerprint density at radius 1 is 1.27 bits per heavy atom. The third kappa shape index (κ3) is 1.98. The van der Waals surface area contributed by atoms with Crippen LogP contribution in [0.2, 0.25) is 0 Å². The second-order valence-electron chi connectivity index (χ2n) is 4.31. The van der Waals surface area contributed by atoms with Crippen LogP contribution in [0.3, 0.4) is 0 Å². The van der Waals surface area contributed by atoms with E-state index in [1.54, 1.807) is 0 Å². The third-order valence-corrected chi connectivity index (χ3v) is 3.64. The first-order valence-electron chi connectivity index (χ1n) is 5.20. The van der Waals surface area contributed by atoms with E-state index < -0.39 is 0 Å². The number of hydrogen-bond acceptors (Lipinski definition) is 0. The molecule has 1 aliphatic carbocycles. The topological polar surface area (TPSA) is 0 Å². The molecule has 0 aliphatic heterocycles. The van der Waals surface area contributed by atoms with Crippen LogP contribution in [0.25, 0.3) is 0 Å². The summed E-state index contributed by atoms with van der Waals surface area (Å²) in [7, 11) is 0. The highest BCUT2D eigenvalue weighted by Gasteiger charge is 2.39. The Hall–Kier alpha value is 0. The molecule has 1 aliphatic rings. The van der Waals surface area contributed by atoms with Crippen molar-refractivity contribution in [2.75, 3.05) is 0 Å². The highest BCUT2D eigenvalue weighted by molar-refractivity contribution is 4.88. The van der Waals surface area contributed by atoms with Crippen LogP contribution >= 0.6 is 0 Å². The molecule has 0 aromatic carbocycles. The van der Waals surface area contributed by atoms with Crippen molar-refractivity contribution in [3.05, 3.63) is 0 Å². The molecule has 3 atom stereocenters. The second-order valence-corrected chi connectivity index (χ2v) is 4.31. The molecular formula is C11H22. The van der Waals surface area contributed by atoms with Gasteiger partial charge in [-0.3, -0.25) is 0 Å². The Bertz CT molecular complexity index is 113. The molecule has 0 amide bonds. The van der Waals surface area contributed by atoms with E-state index in [9.17, 15) is 0 Å². The first-order valence-corrected chi connectivity index (χ1v) is 5.20. The summed E-state index contributed by atoms with van der Waals surface area (Å²) < 4.78 is 0. The van der Waals surface area contributed by atoms with Gasteiger partial charge in [0.05, 0.1) is 0 Å². The lowest BCUT2D eigenvalue weighted by atomic mass is 9.85. The molecule has 0 bridgehead atoms. The maximum Gasteiger partial charge on any atom is -0.0357 e. The molecule has 0 saturated heterocycles. The first kappa shape index (κ1) is 9.09. The molecule has 0 heteroatoms. The quantitative estimate of drug-likeness (QED) is 0.579. The molecule has 1 saturated carbocycles. The van der Waals surface area contributed by atoms with Crippen LogP contribution < -0.4 is 0 Å². The van der Waals surface area contributed by atoms with Crippen LogP contribution in [0, 0.1) is 23.7 Å². The van der Waals surface area contributed by atoms with Gasteiger partial charge in [-0.05, 0) is 30.1 Å². The van der Waals surface area contributed by atoms with Gasteiger partial charge in [-0.15, -0.1) is 0 Å². The zero-order chi connectivity index (χ0) is 8.43. The van der Waals surface area contributed by atoms with Gasteiger partial charge < -0.3 is 0 Å². The molecule has 11 heavy (non-hydrogen) atoms. The van der Waals surface area contributed by atoms with Gasteiger partial charge in [0.1, 0.15) is 0 Å². The summed E-state index contributed by atoms with van der Waals surface area (Å²) in [5.41, 5.74) is 0. The molecule has 1 rings (SSSR count). The molecule has 66 valence electrons. The van der Waals surface area contributed by atoms with Gasteiger partial charge in [-0.2, -0.15) is 0 Å². The van der Waals surface area contributed by atoms with E-state index >= 15 is 0 Å². The van der Waals surface area contributed by atoms with E-state index in [2.05, 4.69) is 27.7 Å². The molecule has 0 aromatic rings. The van der Waals surface area contributed by atoms with Gasteiger partial charge in [0.2, 0.25) is 0 Å². The summed E-state index contributed by atoms with van der Waals surface area (Å²) in [4.78, 5) is 0. The minimum absolute atomic E-state index is 0.986. The number of rotatable bonds is 4. The Labute approximate surface area is 71.4 Å². The maximum absolute atomic E-state index is 2.45. The number of hydrogen-bond donors (Lipinski definition) is 0. The van der Waals surface area contributed by atoms with Crippen molar-refractivity contribution in [3.63, 3.8) is 0 Å². The van der Waals surface area contributed by atoms with Crippen LogP contribution in [-0.4, -0.2) is 0 Å². The molecule has 0 heterocycles. The largest absolute Gasteiger partial charge is 0.0651 e. The fraction of sp³-hybridized carbons (Fsp3) is 1.00. The zero-order valence-corrected chi connectivity index (χ0v) is 8.43. The summed E-state index contributed by atoms with van der Waals surface area (Å²) in [5.74, 6) is 4.08. The van der Waals surface area contributed by atoms with Crippen molar-refractivity contribution >= 4 is 0 Å². The average Bonchev–Trinajstić information content (AvgIpc) is 2.69. The monoisotopic (exact) mass is 154 g/mol. The van der Waals surface area contributed by atoms with Gasteiger partial charge in [0.25, 0.3) is 0 Å². The highest BCUT2D eigenvalue weighted by atomic mass is 14.4.